The second-order valence-corrected chi connectivity index (χ2v) is 7.14. The molecule has 0 aliphatic heterocycles. The summed E-state index contributed by atoms with van der Waals surface area (Å²) in [6.07, 6.45) is 1.53. The standard InChI is InChI=1S/C23H19ClFN3O/c1-14-7-8-20(12-22(14)24)27-23(29)18(13-26)10-17-9-15(2)28(16(17)3)21-6-4-5-19(25)11-21/h4-12H,1-3H3,(H,27,29)/b18-10-. The van der Waals surface area contributed by atoms with E-state index < -0.39 is 5.91 Å². The largest absolute Gasteiger partial charge is 0.321 e. The molecule has 0 aliphatic carbocycles. The number of hydrogen-bond acceptors (Lipinski definition) is 2. The first-order valence-electron chi connectivity index (χ1n) is 8.94. The Morgan fingerprint density at radius 1 is 1.17 bits per heavy atom. The highest BCUT2D eigenvalue weighted by molar-refractivity contribution is 6.31. The normalized spacial score (nSPS) is 11.2. The third kappa shape index (κ3) is 4.39. The summed E-state index contributed by atoms with van der Waals surface area (Å²) in [5, 5.41) is 12.7. The molecule has 0 atom stereocenters. The zero-order valence-electron chi connectivity index (χ0n) is 16.3. The van der Waals surface area contributed by atoms with Crippen molar-refractivity contribution in [1.29, 1.82) is 5.26 Å². The van der Waals surface area contributed by atoms with E-state index in [0.29, 0.717) is 22.0 Å². The van der Waals surface area contributed by atoms with Gasteiger partial charge in [0.1, 0.15) is 17.5 Å². The van der Waals surface area contributed by atoms with Crippen molar-refractivity contribution in [3.8, 4) is 11.8 Å². The smallest absolute Gasteiger partial charge is 0.266 e. The van der Waals surface area contributed by atoms with E-state index >= 15 is 0 Å². The molecule has 2 aromatic carbocycles. The minimum Gasteiger partial charge on any atom is -0.321 e. The van der Waals surface area contributed by atoms with Crippen LogP contribution in [0.5, 0.6) is 0 Å². The molecule has 6 heteroatoms. The Hall–Kier alpha value is -3.36. The maximum atomic E-state index is 13.6. The molecule has 1 amide bonds. The van der Waals surface area contributed by atoms with Crippen LogP contribution in [0.15, 0.2) is 54.1 Å². The minimum absolute atomic E-state index is 0.0406. The van der Waals surface area contributed by atoms with Gasteiger partial charge < -0.3 is 9.88 Å². The van der Waals surface area contributed by atoms with E-state index in [9.17, 15) is 14.4 Å². The first-order chi connectivity index (χ1) is 13.8. The van der Waals surface area contributed by atoms with Crippen molar-refractivity contribution >= 4 is 29.3 Å². The van der Waals surface area contributed by atoms with Gasteiger partial charge in [-0.25, -0.2) is 4.39 Å². The van der Waals surface area contributed by atoms with Crippen LogP contribution in [0.3, 0.4) is 0 Å². The number of nitrogens with one attached hydrogen (secondary N) is 1. The first-order valence-corrected chi connectivity index (χ1v) is 9.32. The topological polar surface area (TPSA) is 57.8 Å². The molecule has 0 bridgehead atoms. The van der Waals surface area contributed by atoms with Crippen molar-refractivity contribution in [3.05, 3.63) is 87.5 Å². The van der Waals surface area contributed by atoms with Gasteiger partial charge >= 0.3 is 0 Å². The van der Waals surface area contributed by atoms with Crippen LogP contribution in [0.1, 0.15) is 22.5 Å². The molecule has 0 saturated heterocycles. The quantitative estimate of drug-likeness (QED) is 0.442. The number of nitriles is 1. The van der Waals surface area contributed by atoms with Gasteiger partial charge in [-0.2, -0.15) is 5.26 Å². The van der Waals surface area contributed by atoms with Crippen molar-refractivity contribution in [2.45, 2.75) is 20.8 Å². The van der Waals surface area contributed by atoms with Crippen molar-refractivity contribution < 1.29 is 9.18 Å². The molecule has 1 heterocycles. The zero-order chi connectivity index (χ0) is 21.1. The molecule has 146 valence electrons. The summed E-state index contributed by atoms with van der Waals surface area (Å²) < 4.78 is 15.5. The van der Waals surface area contributed by atoms with Gasteiger partial charge in [0.15, 0.2) is 0 Å². The van der Waals surface area contributed by atoms with Crippen LogP contribution >= 0.6 is 11.6 Å². The predicted molar refractivity (Wildman–Crippen MR) is 114 cm³/mol. The van der Waals surface area contributed by atoms with Gasteiger partial charge in [-0.1, -0.05) is 23.7 Å². The van der Waals surface area contributed by atoms with Gasteiger partial charge in [-0.15, -0.1) is 0 Å². The van der Waals surface area contributed by atoms with Gasteiger partial charge in [0.05, 0.1) is 0 Å². The Balaban J connectivity index is 1.93. The second-order valence-electron chi connectivity index (χ2n) is 6.73. The molecule has 1 aromatic heterocycles. The molecular formula is C23H19ClFN3O. The highest BCUT2D eigenvalue weighted by Crippen LogP contribution is 2.24. The number of halogens is 2. The highest BCUT2D eigenvalue weighted by atomic mass is 35.5. The van der Waals surface area contributed by atoms with Gasteiger partial charge in [0, 0.05) is 27.8 Å². The molecule has 29 heavy (non-hydrogen) atoms. The number of nitrogens with zero attached hydrogens (tertiary/aromatic N) is 2. The Morgan fingerprint density at radius 2 is 1.93 bits per heavy atom. The Morgan fingerprint density at radius 3 is 2.59 bits per heavy atom. The molecule has 0 radical (unpaired) electrons. The summed E-state index contributed by atoms with van der Waals surface area (Å²) in [5.41, 5.74) is 4.41. The van der Waals surface area contributed by atoms with Crippen LogP contribution < -0.4 is 5.32 Å². The van der Waals surface area contributed by atoms with Crippen molar-refractivity contribution in [2.75, 3.05) is 5.32 Å². The van der Waals surface area contributed by atoms with Gasteiger partial charge in [-0.05, 0) is 74.4 Å². The van der Waals surface area contributed by atoms with Gasteiger partial charge in [0.25, 0.3) is 5.91 Å². The van der Waals surface area contributed by atoms with E-state index in [4.69, 9.17) is 11.6 Å². The highest BCUT2D eigenvalue weighted by Gasteiger charge is 2.14. The lowest BCUT2D eigenvalue weighted by Gasteiger charge is -2.09. The Kier molecular flexibility index (Phi) is 5.86. The van der Waals surface area contributed by atoms with Crippen LogP contribution in [0.2, 0.25) is 5.02 Å². The number of anilines is 1. The number of benzene rings is 2. The number of aromatic nitrogens is 1. The fourth-order valence-electron chi connectivity index (χ4n) is 3.12. The van der Waals surface area contributed by atoms with E-state index in [1.165, 1.54) is 18.2 Å². The maximum Gasteiger partial charge on any atom is 0.266 e. The lowest BCUT2D eigenvalue weighted by atomic mass is 10.1. The van der Waals surface area contributed by atoms with Gasteiger partial charge in [-0.3, -0.25) is 4.79 Å². The number of hydrogen-bond donors (Lipinski definition) is 1. The van der Waals surface area contributed by atoms with E-state index in [2.05, 4.69) is 5.32 Å². The molecule has 0 spiro atoms. The second kappa shape index (κ2) is 8.34. The zero-order valence-corrected chi connectivity index (χ0v) is 17.0. The molecule has 0 saturated carbocycles. The summed E-state index contributed by atoms with van der Waals surface area (Å²) in [6.45, 7) is 5.61. The summed E-state index contributed by atoms with van der Waals surface area (Å²) in [6, 6.07) is 15.2. The molecule has 0 aliphatic rings. The van der Waals surface area contributed by atoms with Crippen LogP contribution in [-0.4, -0.2) is 10.5 Å². The summed E-state index contributed by atoms with van der Waals surface area (Å²) in [5.74, 6) is -0.857. The third-order valence-corrected chi connectivity index (χ3v) is 5.04. The third-order valence-electron chi connectivity index (χ3n) is 4.63. The predicted octanol–water partition coefficient (Wildman–Crippen LogP) is 5.74. The monoisotopic (exact) mass is 407 g/mol. The molecule has 0 fully saturated rings. The maximum absolute atomic E-state index is 13.6. The summed E-state index contributed by atoms with van der Waals surface area (Å²) in [4.78, 5) is 12.6. The minimum atomic E-state index is -0.525. The molecule has 3 rings (SSSR count). The number of amides is 1. The first kappa shape index (κ1) is 20.4. The van der Waals surface area contributed by atoms with Crippen LogP contribution in [0.4, 0.5) is 10.1 Å². The van der Waals surface area contributed by atoms with E-state index in [1.807, 2.05) is 37.5 Å². The SMILES string of the molecule is Cc1ccc(NC(=O)/C(C#N)=C\c2cc(C)n(-c3cccc(F)c3)c2C)cc1Cl. The molecular weight excluding hydrogens is 389 g/mol. The van der Waals surface area contributed by atoms with Crippen LogP contribution in [0, 0.1) is 37.9 Å². The molecule has 1 N–H and O–H groups in total. The number of carbonyl (C=O) groups excluding carboxylic acids is 1. The Bertz CT molecular complexity index is 1170. The van der Waals surface area contributed by atoms with Crippen molar-refractivity contribution in [1.82, 2.24) is 4.57 Å². The van der Waals surface area contributed by atoms with Crippen molar-refractivity contribution in [3.63, 3.8) is 0 Å². The molecule has 3 aromatic rings. The van der Waals surface area contributed by atoms with E-state index in [-0.39, 0.29) is 11.4 Å². The van der Waals surface area contributed by atoms with Gasteiger partial charge in [0.2, 0.25) is 0 Å². The van der Waals surface area contributed by atoms with Crippen LogP contribution in [0.25, 0.3) is 11.8 Å². The Labute approximate surface area is 173 Å². The lowest BCUT2D eigenvalue weighted by Crippen LogP contribution is -2.13. The molecule has 4 nitrogen and oxygen atoms in total. The average molecular weight is 408 g/mol. The van der Waals surface area contributed by atoms with E-state index in [0.717, 1.165) is 17.0 Å². The van der Waals surface area contributed by atoms with Crippen LogP contribution in [-0.2, 0) is 4.79 Å². The fourth-order valence-corrected chi connectivity index (χ4v) is 3.30. The number of rotatable bonds is 4. The number of aryl methyl sites for hydroxylation is 2. The molecule has 0 unspecified atom stereocenters. The average Bonchev–Trinajstić information content (AvgIpc) is 2.95. The van der Waals surface area contributed by atoms with E-state index in [1.54, 1.807) is 30.3 Å². The number of carbonyl (C=O) groups is 1. The summed E-state index contributed by atoms with van der Waals surface area (Å²) >= 11 is 6.09. The fraction of sp³-hybridized carbons (Fsp3) is 0.130. The summed E-state index contributed by atoms with van der Waals surface area (Å²) in [7, 11) is 0. The lowest BCUT2D eigenvalue weighted by molar-refractivity contribution is -0.112. The van der Waals surface area contributed by atoms with Crippen molar-refractivity contribution in [2.24, 2.45) is 0 Å².